The van der Waals surface area contributed by atoms with Crippen molar-refractivity contribution in [1.29, 1.82) is 0 Å². The Kier molecular flexibility index (Phi) is 5.12. The highest BCUT2D eigenvalue weighted by atomic mass is 127. The summed E-state index contributed by atoms with van der Waals surface area (Å²) in [4.78, 5) is 0.0937. The van der Waals surface area contributed by atoms with Gasteiger partial charge in [-0.3, -0.25) is 0 Å². The van der Waals surface area contributed by atoms with Crippen molar-refractivity contribution in [2.75, 3.05) is 0 Å². The lowest BCUT2D eigenvalue weighted by Gasteiger charge is -2.12. The maximum atomic E-state index is 12.5. The fourth-order valence-corrected chi connectivity index (χ4v) is 2.86. The van der Waals surface area contributed by atoms with E-state index in [9.17, 15) is 13.2 Å². The van der Waals surface area contributed by atoms with Crippen molar-refractivity contribution in [2.45, 2.75) is 17.4 Å². The van der Waals surface area contributed by atoms with Gasteiger partial charge in [0.25, 0.3) is 0 Å². The highest BCUT2D eigenvalue weighted by Gasteiger charge is 2.29. The van der Waals surface area contributed by atoms with Crippen molar-refractivity contribution in [3.05, 3.63) is 68.8 Å². The van der Waals surface area contributed by atoms with Crippen LogP contribution in [0.2, 0.25) is 0 Å². The molecule has 20 heavy (non-hydrogen) atoms. The molecule has 0 aliphatic carbocycles. The van der Waals surface area contributed by atoms with Crippen LogP contribution in [-0.2, 0) is 12.6 Å². The van der Waals surface area contributed by atoms with Crippen molar-refractivity contribution >= 4 is 38.5 Å². The first-order chi connectivity index (χ1) is 9.36. The van der Waals surface area contributed by atoms with Crippen LogP contribution in [0, 0.1) is 3.57 Å². The highest BCUT2D eigenvalue weighted by Crippen LogP contribution is 2.31. The van der Waals surface area contributed by atoms with E-state index in [1.165, 1.54) is 12.1 Å². The summed E-state index contributed by atoms with van der Waals surface area (Å²) < 4.78 is 38.6. The normalized spacial score (nSPS) is 13.2. The van der Waals surface area contributed by atoms with Crippen LogP contribution >= 0.6 is 38.5 Å². The second kappa shape index (κ2) is 6.47. The summed E-state index contributed by atoms with van der Waals surface area (Å²) in [6, 6.07) is 13.4. The summed E-state index contributed by atoms with van der Waals surface area (Å²) in [5.74, 6) is 0. The summed E-state index contributed by atoms with van der Waals surface area (Å²) in [5.41, 5.74) is 1.38. The first-order valence-corrected chi connectivity index (χ1v) is 7.91. The predicted octanol–water partition coefficient (Wildman–Crippen LogP) is 5.99. The number of hydrogen-bond donors (Lipinski definition) is 0. The Hall–Kier alpha value is -0.560. The minimum absolute atomic E-state index is 0.0937. The molecule has 1 atom stereocenters. The van der Waals surface area contributed by atoms with E-state index in [2.05, 4.69) is 38.5 Å². The molecule has 106 valence electrons. The average Bonchev–Trinajstić information content (AvgIpc) is 2.39. The summed E-state index contributed by atoms with van der Waals surface area (Å²) in [5, 5.41) is 0. The van der Waals surface area contributed by atoms with Gasteiger partial charge in [-0.05, 0) is 64.4 Å². The van der Waals surface area contributed by atoms with Gasteiger partial charge in [-0.1, -0.05) is 40.2 Å². The Bertz CT molecular complexity index is 561. The molecule has 2 aromatic rings. The highest BCUT2D eigenvalue weighted by molar-refractivity contribution is 14.1. The topological polar surface area (TPSA) is 0 Å². The van der Waals surface area contributed by atoms with Gasteiger partial charge in [-0.15, -0.1) is 0 Å². The third kappa shape index (κ3) is 4.22. The monoisotopic (exact) mass is 454 g/mol. The zero-order valence-electron chi connectivity index (χ0n) is 10.3. The number of hydrogen-bond acceptors (Lipinski definition) is 0. The van der Waals surface area contributed by atoms with Crippen molar-refractivity contribution < 1.29 is 13.2 Å². The largest absolute Gasteiger partial charge is 0.416 e. The molecular formula is C15H11BrF3I. The molecule has 1 unspecified atom stereocenters. The number of rotatable bonds is 3. The first-order valence-electron chi connectivity index (χ1n) is 5.92. The van der Waals surface area contributed by atoms with Gasteiger partial charge in [-0.2, -0.15) is 13.2 Å². The molecule has 0 saturated heterocycles. The van der Waals surface area contributed by atoms with Gasteiger partial charge in [0.05, 0.1) is 5.56 Å². The molecule has 5 heteroatoms. The smallest absolute Gasteiger partial charge is 0.166 e. The number of halogens is 5. The Morgan fingerprint density at radius 1 is 0.950 bits per heavy atom. The molecule has 0 aliphatic rings. The van der Waals surface area contributed by atoms with E-state index in [1.807, 2.05) is 24.3 Å². The molecule has 0 heterocycles. The van der Waals surface area contributed by atoms with Crippen molar-refractivity contribution in [2.24, 2.45) is 0 Å². The molecule has 0 bridgehead atoms. The van der Waals surface area contributed by atoms with Crippen LogP contribution in [0.5, 0.6) is 0 Å². The van der Waals surface area contributed by atoms with Gasteiger partial charge in [0.1, 0.15) is 0 Å². The van der Waals surface area contributed by atoms with Crippen LogP contribution in [0.1, 0.15) is 21.5 Å². The quantitative estimate of drug-likeness (QED) is 0.394. The van der Waals surface area contributed by atoms with Gasteiger partial charge in [0.15, 0.2) is 0 Å². The Morgan fingerprint density at radius 3 is 2.00 bits per heavy atom. The molecule has 0 aromatic heterocycles. The lowest BCUT2D eigenvalue weighted by molar-refractivity contribution is -0.137. The molecule has 0 fully saturated rings. The van der Waals surface area contributed by atoms with Crippen molar-refractivity contribution in [1.82, 2.24) is 0 Å². The third-order valence-corrected chi connectivity index (χ3v) is 4.50. The van der Waals surface area contributed by atoms with E-state index in [0.29, 0.717) is 6.42 Å². The summed E-state index contributed by atoms with van der Waals surface area (Å²) >= 11 is 5.81. The minimum Gasteiger partial charge on any atom is -0.166 e. The zero-order valence-corrected chi connectivity index (χ0v) is 14.0. The van der Waals surface area contributed by atoms with Gasteiger partial charge < -0.3 is 0 Å². The minimum atomic E-state index is -4.28. The molecule has 0 spiro atoms. The Labute approximate surface area is 137 Å². The van der Waals surface area contributed by atoms with Crippen LogP contribution in [0.15, 0.2) is 48.5 Å². The van der Waals surface area contributed by atoms with Gasteiger partial charge in [0, 0.05) is 8.40 Å². The maximum Gasteiger partial charge on any atom is 0.416 e. The summed E-state index contributed by atoms with van der Waals surface area (Å²) in [6.45, 7) is 0. The standard InChI is InChI=1S/C15H11BrF3I/c16-14(11-3-7-13(20)8-4-11)9-10-1-5-12(6-2-10)15(17,18)19/h1-8,14H,9H2. The van der Waals surface area contributed by atoms with Crippen LogP contribution in [0.4, 0.5) is 13.2 Å². The van der Waals surface area contributed by atoms with Crippen molar-refractivity contribution in [3.63, 3.8) is 0 Å². The lowest BCUT2D eigenvalue weighted by atomic mass is 10.0. The molecule has 0 N–H and O–H groups in total. The van der Waals surface area contributed by atoms with E-state index in [-0.39, 0.29) is 4.83 Å². The van der Waals surface area contributed by atoms with E-state index < -0.39 is 11.7 Å². The SMILES string of the molecule is FC(F)(F)c1ccc(CC(Br)c2ccc(I)cc2)cc1. The molecule has 0 saturated carbocycles. The number of alkyl halides is 4. The van der Waals surface area contributed by atoms with E-state index in [1.54, 1.807) is 0 Å². The number of benzene rings is 2. The maximum absolute atomic E-state index is 12.5. The Morgan fingerprint density at radius 2 is 1.50 bits per heavy atom. The van der Waals surface area contributed by atoms with Crippen LogP contribution in [-0.4, -0.2) is 0 Å². The van der Waals surface area contributed by atoms with Crippen LogP contribution < -0.4 is 0 Å². The fraction of sp³-hybridized carbons (Fsp3) is 0.200. The molecular weight excluding hydrogens is 444 g/mol. The third-order valence-electron chi connectivity index (χ3n) is 2.93. The second-order valence-corrected chi connectivity index (χ2v) is 6.77. The van der Waals surface area contributed by atoms with Crippen LogP contribution in [0.3, 0.4) is 0 Å². The van der Waals surface area contributed by atoms with Crippen LogP contribution in [0.25, 0.3) is 0 Å². The van der Waals surface area contributed by atoms with Gasteiger partial charge in [0.2, 0.25) is 0 Å². The van der Waals surface area contributed by atoms with E-state index in [4.69, 9.17) is 0 Å². The molecule has 0 aliphatic heterocycles. The predicted molar refractivity (Wildman–Crippen MR) is 86.0 cm³/mol. The summed E-state index contributed by atoms with van der Waals surface area (Å²) in [7, 11) is 0. The van der Waals surface area contributed by atoms with Crippen molar-refractivity contribution in [3.8, 4) is 0 Å². The Balaban J connectivity index is 2.08. The molecule has 2 aromatic carbocycles. The van der Waals surface area contributed by atoms with Gasteiger partial charge in [-0.25, -0.2) is 0 Å². The lowest BCUT2D eigenvalue weighted by Crippen LogP contribution is -2.05. The summed E-state index contributed by atoms with van der Waals surface area (Å²) in [6.07, 6.45) is -3.62. The fourth-order valence-electron chi connectivity index (χ4n) is 1.83. The molecule has 0 radical (unpaired) electrons. The average molecular weight is 455 g/mol. The molecule has 0 nitrogen and oxygen atoms in total. The van der Waals surface area contributed by atoms with E-state index >= 15 is 0 Å². The second-order valence-electron chi connectivity index (χ2n) is 4.42. The molecule has 2 rings (SSSR count). The zero-order chi connectivity index (χ0) is 14.8. The van der Waals surface area contributed by atoms with Gasteiger partial charge >= 0.3 is 6.18 Å². The first kappa shape index (κ1) is 15.8. The van der Waals surface area contributed by atoms with E-state index in [0.717, 1.165) is 26.8 Å². The molecule has 0 amide bonds.